The first-order valence-corrected chi connectivity index (χ1v) is 10.4. The third-order valence-corrected chi connectivity index (χ3v) is 6.66. The Morgan fingerprint density at radius 3 is 2.44 bits per heavy atom. The Bertz CT molecular complexity index is 1170. The molecule has 0 saturated carbocycles. The van der Waals surface area contributed by atoms with Crippen LogP contribution in [0.25, 0.3) is 10.2 Å². The van der Waals surface area contributed by atoms with Crippen LogP contribution in [0.15, 0.2) is 77.3 Å². The Balaban J connectivity index is 1.58. The fraction of sp³-hybridized carbons (Fsp3) is 0.0526. The van der Waals surface area contributed by atoms with Crippen LogP contribution in [0.2, 0.25) is 0 Å². The van der Waals surface area contributed by atoms with Crippen molar-refractivity contribution < 1.29 is 13.2 Å². The summed E-state index contributed by atoms with van der Waals surface area (Å²) in [6, 6.07) is 17.1. The van der Waals surface area contributed by atoms with Gasteiger partial charge in [0.25, 0.3) is 10.0 Å². The standard InChI is InChI=1S/C19H15N3O3S2/c1-22(27(23,24)16-5-3-2-4-6-16)14-7-9-15(10-8-14)25-18-17-11-12-26-19(17)21-13-20-18/h2-13H,1H3. The van der Waals surface area contributed by atoms with Crippen molar-refractivity contribution in [2.45, 2.75) is 4.90 Å². The van der Waals surface area contributed by atoms with Gasteiger partial charge in [-0.15, -0.1) is 11.3 Å². The average Bonchev–Trinajstić information content (AvgIpc) is 3.19. The van der Waals surface area contributed by atoms with Crippen LogP contribution < -0.4 is 9.04 Å². The summed E-state index contributed by atoms with van der Waals surface area (Å²) in [4.78, 5) is 9.46. The van der Waals surface area contributed by atoms with Gasteiger partial charge in [-0.3, -0.25) is 4.31 Å². The van der Waals surface area contributed by atoms with Gasteiger partial charge in [0, 0.05) is 7.05 Å². The van der Waals surface area contributed by atoms with Gasteiger partial charge in [0.1, 0.15) is 16.9 Å². The lowest BCUT2D eigenvalue weighted by atomic mass is 10.3. The van der Waals surface area contributed by atoms with E-state index >= 15 is 0 Å². The summed E-state index contributed by atoms with van der Waals surface area (Å²) in [6.45, 7) is 0. The molecule has 0 N–H and O–H groups in total. The van der Waals surface area contributed by atoms with Gasteiger partial charge in [0.05, 0.1) is 16.0 Å². The molecule has 6 nitrogen and oxygen atoms in total. The third-order valence-electron chi connectivity index (χ3n) is 4.04. The van der Waals surface area contributed by atoms with Crippen LogP contribution in [0, 0.1) is 0 Å². The highest BCUT2D eigenvalue weighted by atomic mass is 32.2. The molecule has 136 valence electrons. The van der Waals surface area contributed by atoms with Crippen molar-refractivity contribution in [2.24, 2.45) is 0 Å². The quantitative estimate of drug-likeness (QED) is 0.502. The molecule has 27 heavy (non-hydrogen) atoms. The van der Waals surface area contributed by atoms with Crippen LogP contribution >= 0.6 is 11.3 Å². The van der Waals surface area contributed by atoms with E-state index in [4.69, 9.17) is 4.74 Å². The second-order valence-corrected chi connectivity index (χ2v) is 8.56. The van der Waals surface area contributed by atoms with Gasteiger partial charge in [-0.05, 0) is 47.8 Å². The highest BCUT2D eigenvalue weighted by Crippen LogP contribution is 2.31. The first-order valence-electron chi connectivity index (χ1n) is 8.06. The minimum Gasteiger partial charge on any atom is -0.438 e. The second kappa shape index (κ2) is 6.98. The van der Waals surface area contributed by atoms with Crippen molar-refractivity contribution in [3.8, 4) is 11.6 Å². The number of nitrogens with zero attached hydrogens (tertiary/aromatic N) is 3. The van der Waals surface area contributed by atoms with Crippen LogP contribution in [0.3, 0.4) is 0 Å². The van der Waals surface area contributed by atoms with E-state index in [-0.39, 0.29) is 4.90 Å². The van der Waals surface area contributed by atoms with Crippen molar-refractivity contribution in [1.29, 1.82) is 0 Å². The molecule has 0 amide bonds. The lowest BCUT2D eigenvalue weighted by molar-refractivity contribution is 0.468. The van der Waals surface area contributed by atoms with E-state index in [0.29, 0.717) is 17.3 Å². The van der Waals surface area contributed by atoms with Crippen LogP contribution in [0.5, 0.6) is 11.6 Å². The van der Waals surface area contributed by atoms with Crippen molar-refractivity contribution in [1.82, 2.24) is 9.97 Å². The number of hydrogen-bond donors (Lipinski definition) is 0. The maximum Gasteiger partial charge on any atom is 0.264 e. The zero-order valence-corrected chi connectivity index (χ0v) is 15.9. The van der Waals surface area contributed by atoms with Crippen LogP contribution in [-0.4, -0.2) is 25.4 Å². The molecule has 0 radical (unpaired) electrons. The predicted molar refractivity (Wildman–Crippen MR) is 106 cm³/mol. The number of rotatable bonds is 5. The number of thiophene rings is 1. The Morgan fingerprint density at radius 1 is 0.963 bits per heavy atom. The van der Waals surface area contributed by atoms with Gasteiger partial charge in [0.2, 0.25) is 5.88 Å². The number of sulfonamides is 1. The van der Waals surface area contributed by atoms with Crippen LogP contribution in [0.1, 0.15) is 0 Å². The molecule has 2 aromatic heterocycles. The van der Waals surface area contributed by atoms with E-state index in [2.05, 4.69) is 9.97 Å². The summed E-state index contributed by atoms with van der Waals surface area (Å²) in [5.74, 6) is 1.04. The van der Waals surface area contributed by atoms with Gasteiger partial charge < -0.3 is 4.74 Å². The molecule has 0 unspecified atom stereocenters. The van der Waals surface area contributed by atoms with E-state index in [1.54, 1.807) is 54.6 Å². The fourth-order valence-electron chi connectivity index (χ4n) is 2.57. The van der Waals surface area contributed by atoms with Gasteiger partial charge in [-0.2, -0.15) is 0 Å². The molecule has 4 aromatic rings. The zero-order chi connectivity index (χ0) is 18.9. The van der Waals surface area contributed by atoms with Crippen molar-refractivity contribution in [2.75, 3.05) is 11.4 Å². The molecule has 2 aromatic carbocycles. The fourth-order valence-corrected chi connectivity index (χ4v) is 4.51. The Morgan fingerprint density at radius 2 is 1.70 bits per heavy atom. The largest absolute Gasteiger partial charge is 0.438 e. The molecule has 0 bridgehead atoms. The molecule has 8 heteroatoms. The van der Waals surface area contributed by atoms with E-state index in [0.717, 1.165) is 10.2 Å². The Labute approximate surface area is 160 Å². The molecule has 4 rings (SSSR count). The van der Waals surface area contributed by atoms with Crippen molar-refractivity contribution in [3.63, 3.8) is 0 Å². The molecule has 0 spiro atoms. The Hall–Kier alpha value is -2.97. The first-order chi connectivity index (χ1) is 13.1. The monoisotopic (exact) mass is 397 g/mol. The summed E-state index contributed by atoms with van der Waals surface area (Å²) in [5.41, 5.74) is 0.537. The van der Waals surface area contributed by atoms with Crippen LogP contribution in [-0.2, 0) is 10.0 Å². The normalized spacial score (nSPS) is 11.4. The first kappa shape index (κ1) is 17.4. The SMILES string of the molecule is CN(c1ccc(Oc2ncnc3sccc23)cc1)S(=O)(=O)c1ccccc1. The lowest BCUT2D eigenvalue weighted by Crippen LogP contribution is -2.26. The molecule has 0 atom stereocenters. The number of hydrogen-bond acceptors (Lipinski definition) is 6. The van der Waals surface area contributed by atoms with E-state index in [1.807, 2.05) is 11.4 Å². The molecule has 0 aliphatic rings. The second-order valence-electron chi connectivity index (χ2n) is 5.70. The lowest BCUT2D eigenvalue weighted by Gasteiger charge is -2.19. The minimum atomic E-state index is -3.61. The maximum absolute atomic E-state index is 12.7. The summed E-state index contributed by atoms with van der Waals surface area (Å²) < 4.78 is 32.5. The van der Waals surface area contributed by atoms with Gasteiger partial charge in [0.15, 0.2) is 0 Å². The number of fused-ring (bicyclic) bond motifs is 1. The minimum absolute atomic E-state index is 0.244. The van der Waals surface area contributed by atoms with E-state index in [9.17, 15) is 8.42 Å². The highest BCUT2D eigenvalue weighted by molar-refractivity contribution is 7.92. The number of anilines is 1. The predicted octanol–water partition coefficient (Wildman–Crippen LogP) is 4.31. The van der Waals surface area contributed by atoms with Crippen molar-refractivity contribution >= 4 is 37.3 Å². The molecule has 0 aliphatic carbocycles. The molecular weight excluding hydrogens is 382 g/mol. The zero-order valence-electron chi connectivity index (χ0n) is 14.3. The maximum atomic E-state index is 12.7. The highest BCUT2D eigenvalue weighted by Gasteiger charge is 2.20. The van der Waals surface area contributed by atoms with E-state index in [1.165, 1.54) is 29.0 Å². The summed E-state index contributed by atoms with van der Waals surface area (Å²) >= 11 is 1.51. The topological polar surface area (TPSA) is 72.4 Å². The van der Waals surface area contributed by atoms with Crippen LogP contribution in [0.4, 0.5) is 5.69 Å². The van der Waals surface area contributed by atoms with Gasteiger partial charge >= 0.3 is 0 Å². The third kappa shape index (κ3) is 3.36. The number of benzene rings is 2. The van der Waals surface area contributed by atoms with Crippen molar-refractivity contribution in [3.05, 3.63) is 72.4 Å². The number of ether oxygens (including phenoxy) is 1. The summed E-state index contributed by atoms with van der Waals surface area (Å²) in [5, 5.41) is 2.77. The summed E-state index contributed by atoms with van der Waals surface area (Å²) in [7, 11) is -2.09. The smallest absolute Gasteiger partial charge is 0.264 e. The molecule has 2 heterocycles. The molecule has 0 aliphatic heterocycles. The Kier molecular flexibility index (Phi) is 4.51. The van der Waals surface area contributed by atoms with Gasteiger partial charge in [-0.1, -0.05) is 18.2 Å². The number of aromatic nitrogens is 2. The molecular formula is C19H15N3O3S2. The van der Waals surface area contributed by atoms with Gasteiger partial charge in [-0.25, -0.2) is 18.4 Å². The van der Waals surface area contributed by atoms with E-state index < -0.39 is 10.0 Å². The summed E-state index contributed by atoms with van der Waals surface area (Å²) in [6.07, 6.45) is 1.46. The average molecular weight is 397 g/mol. The molecule has 0 saturated heterocycles. The molecule has 0 fully saturated rings.